The van der Waals surface area contributed by atoms with E-state index in [1.807, 2.05) is 50.7 Å². The number of rotatable bonds is 3. The normalized spacial score (nSPS) is 18.0. The van der Waals surface area contributed by atoms with Crippen molar-refractivity contribution < 1.29 is 9.59 Å². The zero-order valence-electron chi connectivity index (χ0n) is 23.3. The molecule has 3 aromatic heterocycles. The summed E-state index contributed by atoms with van der Waals surface area (Å²) >= 11 is 0. The van der Waals surface area contributed by atoms with Crippen molar-refractivity contribution in [1.29, 1.82) is 5.26 Å². The zero-order valence-corrected chi connectivity index (χ0v) is 23.3. The number of imidazole rings is 1. The van der Waals surface area contributed by atoms with Crippen LogP contribution in [0.15, 0.2) is 48.9 Å². The second-order valence-electron chi connectivity index (χ2n) is 11.4. The van der Waals surface area contributed by atoms with E-state index in [1.165, 1.54) is 0 Å². The van der Waals surface area contributed by atoms with Crippen molar-refractivity contribution in [2.24, 2.45) is 0 Å². The Labute approximate surface area is 238 Å². The standard InChI is InChI=1S/C31H32N8O2/c1-35(2)22-6-9-36(10-7-22)31(41)38-12-11-37-19-25(23-14-20(15-32)13-21(18-38)29(23)37)24-16-34-30(40)28(24)26-17-33-27-5-3-4-8-39(26)27/h3-5,8,13-14,17,19,22H,6-7,9-12,16,18H2,1-2H3,(H,34,40). The Balaban J connectivity index is 1.28. The number of pyridine rings is 1. The molecular formula is C31H32N8O2. The van der Waals surface area contributed by atoms with Gasteiger partial charge in [0.1, 0.15) is 5.65 Å². The van der Waals surface area contributed by atoms with Crippen LogP contribution in [-0.4, -0.2) is 86.9 Å². The van der Waals surface area contributed by atoms with Gasteiger partial charge in [0, 0.05) is 68.7 Å². The van der Waals surface area contributed by atoms with E-state index in [9.17, 15) is 14.9 Å². The van der Waals surface area contributed by atoms with E-state index in [-0.39, 0.29) is 11.9 Å². The van der Waals surface area contributed by atoms with Crippen molar-refractivity contribution in [3.8, 4) is 6.07 Å². The van der Waals surface area contributed by atoms with Gasteiger partial charge in [-0.15, -0.1) is 0 Å². The predicted octanol–water partition coefficient (Wildman–Crippen LogP) is 3.16. The smallest absolute Gasteiger partial charge is 0.320 e. The summed E-state index contributed by atoms with van der Waals surface area (Å²) in [5, 5.41) is 13.9. The number of nitrogens with zero attached hydrogens (tertiary/aromatic N) is 7. The molecule has 0 radical (unpaired) electrons. The molecule has 0 saturated carbocycles. The Bertz CT molecular complexity index is 1780. The quantitative estimate of drug-likeness (QED) is 0.424. The van der Waals surface area contributed by atoms with Gasteiger partial charge >= 0.3 is 6.03 Å². The van der Waals surface area contributed by atoms with Crippen LogP contribution in [0.25, 0.3) is 27.7 Å². The third-order valence-electron chi connectivity index (χ3n) is 8.84. The summed E-state index contributed by atoms with van der Waals surface area (Å²) < 4.78 is 4.12. The van der Waals surface area contributed by atoms with Crippen LogP contribution in [0.3, 0.4) is 0 Å². The second kappa shape index (κ2) is 9.78. The highest BCUT2D eigenvalue weighted by Gasteiger charge is 2.32. The number of piperidine rings is 1. The molecule has 3 amide bonds. The van der Waals surface area contributed by atoms with E-state index in [0.717, 1.165) is 64.9 Å². The lowest BCUT2D eigenvalue weighted by Crippen LogP contribution is -2.49. The minimum atomic E-state index is -0.134. The van der Waals surface area contributed by atoms with Crippen molar-refractivity contribution >= 4 is 39.6 Å². The Kier molecular flexibility index (Phi) is 6.05. The van der Waals surface area contributed by atoms with Crippen LogP contribution in [0, 0.1) is 11.3 Å². The van der Waals surface area contributed by atoms with Crippen LogP contribution in [-0.2, 0) is 17.9 Å². The lowest BCUT2D eigenvalue weighted by atomic mass is 9.97. The van der Waals surface area contributed by atoms with Crippen molar-refractivity contribution in [3.63, 3.8) is 0 Å². The summed E-state index contributed by atoms with van der Waals surface area (Å²) in [4.78, 5) is 37.4. The molecule has 0 aliphatic carbocycles. The molecule has 1 N–H and O–H groups in total. The molecule has 10 nitrogen and oxygen atoms in total. The predicted molar refractivity (Wildman–Crippen MR) is 156 cm³/mol. The van der Waals surface area contributed by atoms with E-state index >= 15 is 0 Å². The minimum Gasteiger partial charge on any atom is -0.348 e. The summed E-state index contributed by atoms with van der Waals surface area (Å²) in [6, 6.07) is 12.5. The van der Waals surface area contributed by atoms with Gasteiger partial charge < -0.3 is 24.6 Å². The summed E-state index contributed by atoms with van der Waals surface area (Å²) in [5.41, 5.74) is 6.45. The fraction of sp³-hybridized carbons (Fsp3) is 0.355. The molecule has 0 bridgehead atoms. The van der Waals surface area contributed by atoms with Gasteiger partial charge in [-0.05, 0) is 62.3 Å². The van der Waals surface area contributed by atoms with Gasteiger partial charge in [-0.1, -0.05) is 6.07 Å². The number of nitriles is 1. The van der Waals surface area contributed by atoms with Crippen molar-refractivity contribution in [2.75, 3.05) is 40.3 Å². The van der Waals surface area contributed by atoms with E-state index in [0.29, 0.717) is 43.4 Å². The second-order valence-corrected chi connectivity index (χ2v) is 11.4. The molecule has 1 fully saturated rings. The van der Waals surface area contributed by atoms with Crippen LogP contribution < -0.4 is 5.32 Å². The van der Waals surface area contributed by atoms with E-state index in [4.69, 9.17) is 0 Å². The molecule has 1 aromatic carbocycles. The monoisotopic (exact) mass is 548 g/mol. The number of likely N-dealkylation sites (tertiary alicyclic amines) is 1. The molecule has 1 saturated heterocycles. The third-order valence-corrected chi connectivity index (χ3v) is 8.84. The average Bonchev–Trinajstić information content (AvgIpc) is 3.65. The maximum Gasteiger partial charge on any atom is 0.320 e. The molecular weight excluding hydrogens is 516 g/mol. The topological polar surface area (TPSA) is 102 Å². The van der Waals surface area contributed by atoms with E-state index in [1.54, 1.807) is 6.20 Å². The SMILES string of the molecule is CN(C)C1CCN(C(=O)N2CCn3cc(C4=C(c5cnc6ccccn56)C(=O)NC4)c4cc(C#N)cc(c43)C2)CC1. The van der Waals surface area contributed by atoms with E-state index < -0.39 is 0 Å². The summed E-state index contributed by atoms with van der Waals surface area (Å²) in [6.45, 7) is 3.55. The first-order chi connectivity index (χ1) is 19.9. The Morgan fingerprint density at radius 1 is 1.12 bits per heavy atom. The van der Waals surface area contributed by atoms with Gasteiger partial charge in [-0.25, -0.2) is 9.78 Å². The van der Waals surface area contributed by atoms with Crippen LogP contribution in [0.4, 0.5) is 4.79 Å². The first-order valence-corrected chi connectivity index (χ1v) is 14.1. The molecule has 0 spiro atoms. The number of hydrogen-bond acceptors (Lipinski definition) is 5. The van der Waals surface area contributed by atoms with Gasteiger partial charge in [0.05, 0.1) is 34.6 Å². The highest BCUT2D eigenvalue weighted by molar-refractivity contribution is 6.31. The highest BCUT2D eigenvalue weighted by Crippen LogP contribution is 2.38. The maximum atomic E-state index is 13.6. The molecule has 0 atom stereocenters. The minimum absolute atomic E-state index is 0.0619. The molecule has 3 aliphatic heterocycles. The number of hydrogen-bond donors (Lipinski definition) is 1. The Hall–Kier alpha value is -4.62. The number of carbonyl (C=O) groups is 2. The molecule has 4 aromatic rings. The summed E-state index contributed by atoms with van der Waals surface area (Å²) in [7, 11) is 4.20. The molecule has 6 heterocycles. The molecule has 208 valence electrons. The Morgan fingerprint density at radius 2 is 1.95 bits per heavy atom. The lowest BCUT2D eigenvalue weighted by molar-refractivity contribution is -0.114. The van der Waals surface area contributed by atoms with Gasteiger partial charge in [0.15, 0.2) is 0 Å². The maximum absolute atomic E-state index is 13.6. The number of fused-ring (bicyclic) bond motifs is 1. The highest BCUT2D eigenvalue weighted by atomic mass is 16.2. The van der Waals surface area contributed by atoms with Crippen molar-refractivity contribution in [1.82, 2.24) is 34.0 Å². The number of nitrogens with one attached hydrogen (secondary N) is 1. The van der Waals surface area contributed by atoms with Crippen LogP contribution in [0.1, 0.15) is 35.2 Å². The van der Waals surface area contributed by atoms with Gasteiger partial charge in [0.2, 0.25) is 0 Å². The van der Waals surface area contributed by atoms with Crippen LogP contribution in [0.5, 0.6) is 0 Å². The lowest BCUT2D eigenvalue weighted by Gasteiger charge is -2.37. The number of amides is 3. The Morgan fingerprint density at radius 3 is 2.73 bits per heavy atom. The van der Waals surface area contributed by atoms with Gasteiger partial charge in [-0.2, -0.15) is 5.26 Å². The fourth-order valence-electron chi connectivity index (χ4n) is 6.68. The number of carbonyl (C=O) groups excluding carboxylic acids is 2. The van der Waals surface area contributed by atoms with Crippen molar-refractivity contribution in [3.05, 3.63) is 71.3 Å². The number of urea groups is 1. The number of aromatic nitrogens is 3. The van der Waals surface area contributed by atoms with Gasteiger partial charge in [-0.3, -0.25) is 9.20 Å². The molecule has 41 heavy (non-hydrogen) atoms. The molecule has 0 unspecified atom stereocenters. The summed E-state index contributed by atoms with van der Waals surface area (Å²) in [6.07, 6.45) is 7.69. The van der Waals surface area contributed by atoms with Crippen LogP contribution >= 0.6 is 0 Å². The molecule has 7 rings (SSSR count). The average molecular weight is 549 g/mol. The van der Waals surface area contributed by atoms with Gasteiger partial charge in [0.25, 0.3) is 5.91 Å². The largest absolute Gasteiger partial charge is 0.348 e. The van der Waals surface area contributed by atoms with E-state index in [2.05, 4.69) is 46.1 Å². The zero-order chi connectivity index (χ0) is 28.2. The first kappa shape index (κ1) is 25.4. The van der Waals surface area contributed by atoms with Crippen molar-refractivity contribution in [2.45, 2.75) is 32.0 Å². The number of benzene rings is 1. The third kappa shape index (κ3) is 4.16. The molecule has 10 heteroatoms. The first-order valence-electron chi connectivity index (χ1n) is 14.1. The molecule has 3 aliphatic rings. The van der Waals surface area contributed by atoms with Crippen LogP contribution in [0.2, 0.25) is 0 Å². The fourth-order valence-corrected chi connectivity index (χ4v) is 6.68. The summed E-state index contributed by atoms with van der Waals surface area (Å²) in [5.74, 6) is -0.134.